The molecule has 2 rings (SSSR count). The van der Waals surface area contributed by atoms with E-state index < -0.39 is 23.2 Å². The molecule has 0 bridgehead atoms. The maximum absolute atomic E-state index is 11.4. The van der Waals surface area contributed by atoms with E-state index in [0.717, 1.165) is 0 Å². The van der Waals surface area contributed by atoms with Crippen molar-refractivity contribution in [3.63, 3.8) is 0 Å². The van der Waals surface area contributed by atoms with E-state index in [4.69, 9.17) is 14.6 Å². The Labute approximate surface area is 135 Å². The van der Waals surface area contributed by atoms with Crippen LogP contribution < -0.4 is 10.8 Å². The lowest BCUT2D eigenvalue weighted by Crippen LogP contribution is -2.41. The number of hydrogen-bond acceptors (Lipinski definition) is 6. The van der Waals surface area contributed by atoms with Crippen molar-refractivity contribution in [1.29, 1.82) is 5.26 Å². The molecule has 0 aliphatic carbocycles. The summed E-state index contributed by atoms with van der Waals surface area (Å²) in [5, 5.41) is 23.5. The number of nitro benzene ring substituents is 1. The first-order valence-electron chi connectivity index (χ1n) is 7.45. The fraction of sp³-hybridized carbons (Fsp3) is 0.533. The normalized spacial score (nSPS) is 18.5. The largest absolute Gasteiger partial charge is 0.497 e. The van der Waals surface area contributed by atoms with E-state index in [2.05, 4.69) is 5.32 Å². The summed E-state index contributed by atoms with van der Waals surface area (Å²) in [5.74, 6) is 0. The molecule has 1 aliphatic rings. The van der Waals surface area contributed by atoms with Crippen molar-refractivity contribution < 1.29 is 14.2 Å². The van der Waals surface area contributed by atoms with Crippen LogP contribution in [0.2, 0.25) is 0 Å². The van der Waals surface area contributed by atoms with Gasteiger partial charge in [-0.25, -0.2) is 0 Å². The van der Waals surface area contributed by atoms with Crippen LogP contribution >= 0.6 is 0 Å². The minimum Gasteiger partial charge on any atom is -0.399 e. The first kappa shape index (κ1) is 17.3. The molecule has 1 fully saturated rings. The Morgan fingerprint density at radius 1 is 1.30 bits per heavy atom. The molecule has 1 heterocycles. The van der Waals surface area contributed by atoms with Crippen molar-refractivity contribution in [2.75, 3.05) is 11.9 Å². The Bertz CT molecular complexity index is 666. The van der Waals surface area contributed by atoms with Crippen LogP contribution in [-0.4, -0.2) is 29.8 Å². The monoisotopic (exact) mass is 317 g/mol. The van der Waals surface area contributed by atoms with Crippen molar-refractivity contribution >= 4 is 24.0 Å². The summed E-state index contributed by atoms with van der Waals surface area (Å²) < 4.78 is 12.0. The average molecular weight is 317 g/mol. The molecule has 0 saturated carbocycles. The van der Waals surface area contributed by atoms with E-state index >= 15 is 0 Å². The van der Waals surface area contributed by atoms with Crippen molar-refractivity contribution in [3.8, 4) is 6.07 Å². The number of rotatable bonds is 4. The SMILES string of the molecule is CCNc1c(B2OC(C)(C)C(C)(C)O2)cc(C#N)cc1[N+](=O)[O-]. The van der Waals surface area contributed by atoms with Crippen LogP contribution in [0.25, 0.3) is 0 Å². The molecule has 7 nitrogen and oxygen atoms in total. The summed E-state index contributed by atoms with van der Waals surface area (Å²) in [6.45, 7) is 9.96. The van der Waals surface area contributed by atoms with Gasteiger partial charge in [0.25, 0.3) is 5.69 Å². The predicted octanol–water partition coefficient (Wildman–Crippen LogP) is 2.20. The standard InChI is InChI=1S/C15H20BN3O4/c1-6-18-13-11(7-10(9-17)8-12(13)19(20)21)16-22-14(2,3)15(4,5)23-16/h7-8,18H,6H2,1-5H3. The number of benzene rings is 1. The highest BCUT2D eigenvalue weighted by molar-refractivity contribution is 6.64. The van der Waals surface area contributed by atoms with Gasteiger partial charge in [-0.3, -0.25) is 10.1 Å². The van der Waals surface area contributed by atoms with E-state index in [0.29, 0.717) is 17.7 Å². The number of hydrogen-bond donors (Lipinski definition) is 1. The highest BCUT2D eigenvalue weighted by Crippen LogP contribution is 2.38. The third-order valence-electron chi connectivity index (χ3n) is 4.33. The zero-order chi connectivity index (χ0) is 17.4. The van der Waals surface area contributed by atoms with E-state index in [1.807, 2.05) is 40.7 Å². The second-order valence-corrected chi connectivity index (χ2v) is 6.45. The van der Waals surface area contributed by atoms with Crippen molar-refractivity contribution in [3.05, 3.63) is 27.8 Å². The number of nitro groups is 1. The Hall–Kier alpha value is -2.11. The topological polar surface area (TPSA) is 97.4 Å². The van der Waals surface area contributed by atoms with E-state index in [9.17, 15) is 10.1 Å². The van der Waals surface area contributed by atoms with Crippen LogP contribution in [0.3, 0.4) is 0 Å². The van der Waals surface area contributed by atoms with Gasteiger partial charge in [0.05, 0.1) is 27.8 Å². The summed E-state index contributed by atoms with van der Waals surface area (Å²) in [4.78, 5) is 10.9. The van der Waals surface area contributed by atoms with Gasteiger partial charge in [0.15, 0.2) is 0 Å². The molecule has 1 saturated heterocycles. The van der Waals surface area contributed by atoms with Gasteiger partial charge in [-0.05, 0) is 40.7 Å². The van der Waals surface area contributed by atoms with E-state index in [-0.39, 0.29) is 11.3 Å². The summed E-state index contributed by atoms with van der Waals surface area (Å²) in [6.07, 6.45) is 0. The van der Waals surface area contributed by atoms with Crippen LogP contribution in [0.15, 0.2) is 12.1 Å². The molecule has 0 aromatic heterocycles. The maximum atomic E-state index is 11.4. The lowest BCUT2D eigenvalue weighted by Gasteiger charge is -2.32. The van der Waals surface area contributed by atoms with Gasteiger partial charge in [-0.15, -0.1) is 0 Å². The summed E-state index contributed by atoms with van der Waals surface area (Å²) in [5.41, 5.74) is -0.304. The lowest BCUT2D eigenvalue weighted by molar-refractivity contribution is -0.383. The van der Waals surface area contributed by atoms with Gasteiger partial charge in [0.1, 0.15) is 5.69 Å². The van der Waals surface area contributed by atoms with Gasteiger partial charge in [-0.1, -0.05) is 0 Å². The van der Waals surface area contributed by atoms with Crippen LogP contribution in [0.1, 0.15) is 40.2 Å². The van der Waals surface area contributed by atoms with Gasteiger partial charge in [0, 0.05) is 18.1 Å². The number of anilines is 1. The molecule has 0 amide bonds. The molecule has 1 aromatic carbocycles. The van der Waals surface area contributed by atoms with Crippen molar-refractivity contribution in [2.24, 2.45) is 0 Å². The van der Waals surface area contributed by atoms with E-state index in [1.165, 1.54) is 6.07 Å². The third-order valence-corrected chi connectivity index (χ3v) is 4.33. The molecular weight excluding hydrogens is 297 g/mol. The van der Waals surface area contributed by atoms with Gasteiger partial charge in [0.2, 0.25) is 0 Å². The molecular formula is C15H20BN3O4. The zero-order valence-electron chi connectivity index (χ0n) is 14.0. The minimum absolute atomic E-state index is 0.157. The molecule has 1 aliphatic heterocycles. The zero-order valence-corrected chi connectivity index (χ0v) is 14.0. The Kier molecular flexibility index (Phi) is 4.38. The molecule has 1 aromatic rings. The van der Waals surface area contributed by atoms with Gasteiger partial charge in [-0.2, -0.15) is 5.26 Å². The summed E-state index contributed by atoms with van der Waals surface area (Å²) >= 11 is 0. The second-order valence-electron chi connectivity index (χ2n) is 6.45. The molecule has 23 heavy (non-hydrogen) atoms. The molecule has 8 heteroatoms. The first-order valence-corrected chi connectivity index (χ1v) is 7.45. The van der Waals surface area contributed by atoms with Crippen LogP contribution in [0.5, 0.6) is 0 Å². The summed E-state index contributed by atoms with van der Waals surface area (Å²) in [6, 6.07) is 4.79. The number of nitrogens with zero attached hydrogens (tertiary/aromatic N) is 2. The van der Waals surface area contributed by atoms with Crippen molar-refractivity contribution in [2.45, 2.75) is 45.8 Å². The second kappa shape index (κ2) is 5.83. The predicted molar refractivity (Wildman–Crippen MR) is 87.7 cm³/mol. The molecule has 122 valence electrons. The average Bonchev–Trinajstić information content (AvgIpc) is 2.67. The Morgan fingerprint density at radius 3 is 2.30 bits per heavy atom. The third kappa shape index (κ3) is 3.02. The Balaban J connectivity index is 2.60. The number of nitriles is 1. The fourth-order valence-corrected chi connectivity index (χ4v) is 2.38. The lowest BCUT2D eigenvalue weighted by atomic mass is 9.76. The minimum atomic E-state index is -0.777. The molecule has 0 spiro atoms. The smallest absolute Gasteiger partial charge is 0.399 e. The highest BCUT2D eigenvalue weighted by atomic mass is 16.7. The molecule has 0 radical (unpaired) electrons. The molecule has 0 unspecified atom stereocenters. The first-order chi connectivity index (χ1) is 10.6. The van der Waals surface area contributed by atoms with Crippen LogP contribution in [0.4, 0.5) is 11.4 Å². The fourth-order valence-electron chi connectivity index (χ4n) is 2.38. The van der Waals surface area contributed by atoms with Gasteiger partial charge >= 0.3 is 7.12 Å². The Morgan fingerprint density at radius 2 is 1.87 bits per heavy atom. The van der Waals surface area contributed by atoms with Gasteiger partial charge < -0.3 is 14.6 Å². The maximum Gasteiger partial charge on any atom is 0.497 e. The van der Waals surface area contributed by atoms with Crippen molar-refractivity contribution in [1.82, 2.24) is 0 Å². The van der Waals surface area contributed by atoms with E-state index in [1.54, 1.807) is 6.07 Å². The molecule has 0 atom stereocenters. The molecule has 1 N–H and O–H groups in total. The summed E-state index contributed by atoms with van der Waals surface area (Å²) in [7, 11) is -0.777. The number of nitrogens with one attached hydrogen (secondary N) is 1. The van der Waals surface area contributed by atoms with Crippen LogP contribution in [0, 0.1) is 21.4 Å². The quantitative estimate of drug-likeness (QED) is 0.519. The van der Waals surface area contributed by atoms with Crippen LogP contribution in [-0.2, 0) is 9.31 Å². The highest BCUT2D eigenvalue weighted by Gasteiger charge is 2.52.